The van der Waals surface area contributed by atoms with Crippen molar-refractivity contribution in [2.24, 2.45) is 0 Å². The minimum absolute atomic E-state index is 0.106. The molecule has 0 radical (unpaired) electrons. The number of benzene rings is 2. The van der Waals surface area contributed by atoms with E-state index in [-0.39, 0.29) is 21.9 Å². The number of halogens is 2. The lowest BCUT2D eigenvalue weighted by Crippen LogP contribution is -2.35. The second kappa shape index (κ2) is 11.7. The summed E-state index contributed by atoms with van der Waals surface area (Å²) in [4.78, 5) is 31.1. The van der Waals surface area contributed by atoms with Crippen LogP contribution >= 0.6 is 0 Å². The lowest BCUT2D eigenvalue weighted by molar-refractivity contribution is -0.110. The molecule has 1 aromatic heterocycles. The molecule has 40 heavy (non-hydrogen) atoms. The van der Waals surface area contributed by atoms with Crippen molar-refractivity contribution >= 4 is 39.0 Å². The van der Waals surface area contributed by atoms with Gasteiger partial charge in [0.1, 0.15) is 11.6 Å². The Balaban J connectivity index is 1.62. The van der Waals surface area contributed by atoms with Gasteiger partial charge in [0.05, 0.1) is 21.8 Å². The van der Waals surface area contributed by atoms with Gasteiger partial charge in [-0.3, -0.25) is 9.59 Å². The average molecular weight is 571 g/mol. The van der Waals surface area contributed by atoms with Crippen LogP contribution in [-0.4, -0.2) is 56.3 Å². The van der Waals surface area contributed by atoms with E-state index in [9.17, 15) is 26.8 Å². The molecule has 3 aromatic rings. The highest BCUT2D eigenvalue weighted by molar-refractivity contribution is 7.90. The Kier molecular flexibility index (Phi) is 8.55. The number of carbonyl (C=O) groups is 2. The van der Waals surface area contributed by atoms with Crippen molar-refractivity contribution in [3.8, 4) is 0 Å². The molecule has 8 nitrogen and oxygen atoms in total. The molecule has 2 amide bonds. The first-order valence-corrected chi connectivity index (χ1v) is 14.6. The molecule has 0 aliphatic carbocycles. The van der Waals surface area contributed by atoms with Crippen LogP contribution in [0.3, 0.4) is 0 Å². The van der Waals surface area contributed by atoms with Gasteiger partial charge in [-0.15, -0.1) is 0 Å². The first-order valence-electron chi connectivity index (χ1n) is 13.0. The fourth-order valence-electron chi connectivity index (χ4n) is 4.79. The van der Waals surface area contributed by atoms with E-state index in [0.29, 0.717) is 46.4 Å². The minimum Gasteiger partial charge on any atom is -0.358 e. The lowest BCUT2D eigenvalue weighted by Gasteiger charge is -2.18. The molecular weight excluding hydrogens is 538 g/mol. The number of fused-ring (bicyclic) bond motifs is 1. The van der Waals surface area contributed by atoms with E-state index in [1.807, 2.05) is 0 Å². The van der Waals surface area contributed by atoms with Crippen LogP contribution in [0.2, 0.25) is 0 Å². The van der Waals surface area contributed by atoms with Crippen molar-refractivity contribution in [2.75, 3.05) is 31.5 Å². The number of aryl methyl sites for hydroxylation is 1. The lowest BCUT2D eigenvalue weighted by atomic mass is 10.0. The third-order valence-corrected chi connectivity index (χ3v) is 8.76. The molecular formula is C29H32F2N4O4S. The first-order chi connectivity index (χ1) is 18.9. The molecule has 4 rings (SSSR count). The number of hydrogen-bond acceptors (Lipinski definition) is 5. The smallest absolute Gasteiger partial charge is 0.256 e. The van der Waals surface area contributed by atoms with E-state index < -0.39 is 33.1 Å². The number of sulfone groups is 1. The number of rotatable bonds is 10. The third kappa shape index (κ3) is 6.00. The van der Waals surface area contributed by atoms with E-state index in [1.54, 1.807) is 19.9 Å². The van der Waals surface area contributed by atoms with Gasteiger partial charge in [0.25, 0.3) is 11.8 Å². The highest BCUT2D eigenvalue weighted by Crippen LogP contribution is 2.36. The summed E-state index contributed by atoms with van der Waals surface area (Å²) in [5.74, 6) is -3.06. The summed E-state index contributed by atoms with van der Waals surface area (Å²) in [6.45, 7) is 10.7. The number of carbonyl (C=O) groups excluding carboxylic acids is 2. The SMILES string of the molecule is CCN(CC)CCNC(=O)c1c(C)[nH]c(C=C2C(=O)Nc3ccc(S(=O)(=O)Cc4ccc(F)cc4F)cc32)c1C. The fraction of sp³-hybridized carbons (Fsp3) is 0.310. The van der Waals surface area contributed by atoms with Crippen LogP contribution in [0, 0.1) is 25.5 Å². The number of anilines is 1. The standard InChI is InChI=1S/C29H32F2N4O4S/c1-5-35(6-2)12-11-32-29(37)27-17(3)26(33-18(27)4)15-23-22-14-21(9-10-25(22)34-28(23)36)40(38,39)16-19-7-8-20(30)13-24(19)31/h7-10,13-15,33H,5-6,11-12,16H2,1-4H3,(H,32,37)(H,34,36). The molecule has 212 valence electrons. The fourth-order valence-corrected chi connectivity index (χ4v) is 6.17. The number of amides is 2. The van der Waals surface area contributed by atoms with Gasteiger partial charge in [0.15, 0.2) is 9.84 Å². The Morgan fingerprint density at radius 1 is 1.07 bits per heavy atom. The molecule has 0 atom stereocenters. The molecule has 0 spiro atoms. The molecule has 0 unspecified atom stereocenters. The second-order valence-corrected chi connectivity index (χ2v) is 11.7. The quantitative estimate of drug-likeness (QED) is 0.312. The summed E-state index contributed by atoms with van der Waals surface area (Å²) in [6, 6.07) is 6.91. The highest BCUT2D eigenvalue weighted by atomic mass is 32.2. The van der Waals surface area contributed by atoms with Gasteiger partial charge in [-0.2, -0.15) is 0 Å². The number of hydrogen-bond donors (Lipinski definition) is 3. The minimum atomic E-state index is -4.02. The van der Waals surface area contributed by atoms with E-state index >= 15 is 0 Å². The van der Waals surface area contributed by atoms with Crippen molar-refractivity contribution in [3.63, 3.8) is 0 Å². The zero-order valence-corrected chi connectivity index (χ0v) is 23.6. The summed E-state index contributed by atoms with van der Waals surface area (Å²) >= 11 is 0. The topological polar surface area (TPSA) is 111 Å². The predicted octanol–water partition coefficient (Wildman–Crippen LogP) is 4.45. The van der Waals surface area contributed by atoms with Crippen LogP contribution < -0.4 is 10.6 Å². The molecule has 11 heteroatoms. The number of nitrogens with zero attached hydrogens (tertiary/aromatic N) is 1. The molecule has 3 N–H and O–H groups in total. The molecule has 2 heterocycles. The normalized spacial score (nSPS) is 14.1. The molecule has 0 bridgehead atoms. The van der Waals surface area contributed by atoms with Crippen LogP contribution in [0.5, 0.6) is 0 Å². The maximum Gasteiger partial charge on any atom is 0.256 e. The van der Waals surface area contributed by atoms with Crippen LogP contribution in [0.1, 0.15) is 52.3 Å². The van der Waals surface area contributed by atoms with Gasteiger partial charge in [0.2, 0.25) is 0 Å². The summed E-state index contributed by atoms with van der Waals surface area (Å²) in [7, 11) is -4.02. The summed E-state index contributed by atoms with van der Waals surface area (Å²) in [5.41, 5.74) is 3.18. The predicted molar refractivity (Wildman–Crippen MR) is 151 cm³/mol. The summed E-state index contributed by atoms with van der Waals surface area (Å²) in [5, 5.41) is 5.67. The van der Waals surface area contributed by atoms with Gasteiger partial charge in [-0.05, 0) is 62.8 Å². The Hall–Kier alpha value is -3.83. The Bertz CT molecular complexity index is 1610. The van der Waals surface area contributed by atoms with Gasteiger partial charge >= 0.3 is 0 Å². The van der Waals surface area contributed by atoms with Gasteiger partial charge in [-0.1, -0.05) is 19.9 Å². The molecule has 1 aliphatic rings. The Morgan fingerprint density at radius 3 is 2.48 bits per heavy atom. The zero-order chi connectivity index (χ0) is 29.2. The van der Waals surface area contributed by atoms with E-state index in [2.05, 4.69) is 34.4 Å². The highest BCUT2D eigenvalue weighted by Gasteiger charge is 2.28. The number of aromatic amines is 1. The second-order valence-electron chi connectivity index (χ2n) is 9.66. The number of aromatic nitrogens is 1. The Morgan fingerprint density at radius 2 is 1.80 bits per heavy atom. The third-order valence-electron chi connectivity index (χ3n) is 7.09. The molecule has 0 saturated carbocycles. The molecule has 0 fully saturated rings. The van der Waals surface area contributed by atoms with Crippen molar-refractivity contribution in [2.45, 2.75) is 38.3 Å². The van der Waals surface area contributed by atoms with Gasteiger partial charge in [-0.25, -0.2) is 17.2 Å². The summed E-state index contributed by atoms with van der Waals surface area (Å²) in [6.07, 6.45) is 1.59. The monoisotopic (exact) mass is 570 g/mol. The van der Waals surface area contributed by atoms with Crippen molar-refractivity contribution in [3.05, 3.63) is 81.7 Å². The molecule has 0 saturated heterocycles. The maximum absolute atomic E-state index is 14.1. The molecule has 2 aromatic carbocycles. The number of likely N-dealkylation sites (N-methyl/N-ethyl adjacent to an activating group) is 1. The van der Waals surface area contributed by atoms with Crippen LogP contribution in [0.4, 0.5) is 14.5 Å². The van der Waals surface area contributed by atoms with Gasteiger partial charge in [0, 0.05) is 47.4 Å². The van der Waals surface area contributed by atoms with Crippen LogP contribution in [0.25, 0.3) is 11.6 Å². The average Bonchev–Trinajstić information content (AvgIpc) is 3.37. The van der Waals surface area contributed by atoms with Crippen molar-refractivity contribution in [1.29, 1.82) is 0 Å². The van der Waals surface area contributed by atoms with Gasteiger partial charge < -0.3 is 20.5 Å². The molecule has 1 aliphatic heterocycles. The van der Waals surface area contributed by atoms with Crippen LogP contribution in [0.15, 0.2) is 41.3 Å². The maximum atomic E-state index is 14.1. The first kappa shape index (κ1) is 29.2. The van der Waals surface area contributed by atoms with Crippen molar-refractivity contribution in [1.82, 2.24) is 15.2 Å². The van der Waals surface area contributed by atoms with Crippen molar-refractivity contribution < 1.29 is 26.8 Å². The van der Waals surface area contributed by atoms with E-state index in [4.69, 9.17) is 0 Å². The van der Waals surface area contributed by atoms with E-state index in [1.165, 1.54) is 18.2 Å². The van der Waals surface area contributed by atoms with E-state index in [0.717, 1.165) is 31.8 Å². The Labute approximate surface area is 232 Å². The summed E-state index contributed by atoms with van der Waals surface area (Å²) < 4.78 is 53.6. The van der Waals surface area contributed by atoms with Crippen LogP contribution in [-0.2, 0) is 20.4 Å². The zero-order valence-electron chi connectivity index (χ0n) is 22.8. The number of nitrogens with one attached hydrogen (secondary N) is 3. The number of H-pyrrole nitrogens is 1. The largest absolute Gasteiger partial charge is 0.358 e.